The van der Waals surface area contributed by atoms with Crippen molar-refractivity contribution in [3.8, 4) is 6.07 Å². The van der Waals surface area contributed by atoms with Crippen LogP contribution in [0.1, 0.15) is 18.4 Å². The Bertz CT molecular complexity index is 456. The highest BCUT2D eigenvalue weighted by Gasteiger charge is 2.16. The predicted octanol–water partition coefficient (Wildman–Crippen LogP) is 2.09. The third-order valence-corrected chi connectivity index (χ3v) is 3.85. The maximum absolute atomic E-state index is 8.76. The molecule has 1 heterocycles. The van der Waals surface area contributed by atoms with Crippen LogP contribution in [0.5, 0.6) is 0 Å². The molecule has 1 fully saturated rings. The van der Waals surface area contributed by atoms with Crippen LogP contribution in [-0.2, 0) is 6.42 Å². The van der Waals surface area contributed by atoms with Gasteiger partial charge in [-0.25, -0.2) is 0 Å². The van der Waals surface area contributed by atoms with E-state index in [0.29, 0.717) is 12.1 Å². The Morgan fingerprint density at radius 2 is 2.16 bits per heavy atom. The second-order valence-corrected chi connectivity index (χ2v) is 5.38. The number of nitriles is 1. The van der Waals surface area contributed by atoms with Gasteiger partial charge < -0.3 is 16.0 Å². The first kappa shape index (κ1) is 13.7. The molecule has 3 N–H and O–H groups in total. The minimum Gasteiger partial charge on any atom is -0.398 e. The molecule has 102 valence electrons. The molecule has 2 rings (SSSR count). The largest absolute Gasteiger partial charge is 0.398 e. The van der Waals surface area contributed by atoms with Gasteiger partial charge in [0.15, 0.2) is 0 Å². The molecule has 0 atom stereocenters. The monoisotopic (exact) mass is 258 g/mol. The second kappa shape index (κ2) is 6.44. The van der Waals surface area contributed by atoms with Crippen molar-refractivity contribution in [1.29, 1.82) is 5.26 Å². The number of nitrogen functional groups attached to an aromatic ring is 1. The summed E-state index contributed by atoms with van der Waals surface area (Å²) in [6.07, 6.45) is 2.88. The van der Waals surface area contributed by atoms with Gasteiger partial charge in [0.25, 0.3) is 0 Å². The molecule has 1 aliphatic heterocycles. The van der Waals surface area contributed by atoms with Crippen molar-refractivity contribution in [1.82, 2.24) is 4.90 Å². The average Bonchev–Trinajstić information content (AvgIpc) is 2.42. The van der Waals surface area contributed by atoms with E-state index >= 15 is 0 Å². The lowest BCUT2D eigenvalue weighted by molar-refractivity contribution is 0.226. The number of hydrogen-bond acceptors (Lipinski definition) is 4. The van der Waals surface area contributed by atoms with Crippen molar-refractivity contribution in [2.75, 3.05) is 37.7 Å². The number of rotatable bonds is 4. The van der Waals surface area contributed by atoms with Crippen molar-refractivity contribution in [2.45, 2.75) is 19.3 Å². The maximum Gasteiger partial charge on any atom is 0.0670 e. The van der Waals surface area contributed by atoms with Crippen LogP contribution in [0.15, 0.2) is 18.2 Å². The first-order valence-corrected chi connectivity index (χ1v) is 6.87. The third-order valence-electron chi connectivity index (χ3n) is 3.85. The van der Waals surface area contributed by atoms with Crippen LogP contribution in [-0.4, -0.2) is 31.6 Å². The Hall–Kier alpha value is -1.73. The van der Waals surface area contributed by atoms with Gasteiger partial charge in [-0.1, -0.05) is 0 Å². The topological polar surface area (TPSA) is 65.1 Å². The molecule has 0 aliphatic carbocycles. The summed E-state index contributed by atoms with van der Waals surface area (Å²) in [5.74, 6) is 0.744. The highest BCUT2D eigenvalue weighted by Crippen LogP contribution is 2.20. The molecule has 1 aliphatic rings. The van der Waals surface area contributed by atoms with E-state index < -0.39 is 0 Å². The van der Waals surface area contributed by atoms with Gasteiger partial charge in [-0.15, -0.1) is 0 Å². The number of benzene rings is 1. The Labute approximate surface area is 115 Å². The van der Waals surface area contributed by atoms with Crippen molar-refractivity contribution in [3.05, 3.63) is 23.8 Å². The quantitative estimate of drug-likeness (QED) is 0.812. The fourth-order valence-electron chi connectivity index (χ4n) is 2.48. The van der Waals surface area contributed by atoms with Crippen LogP contribution in [0.3, 0.4) is 0 Å². The van der Waals surface area contributed by atoms with E-state index in [1.54, 1.807) is 0 Å². The first-order valence-electron chi connectivity index (χ1n) is 6.87. The van der Waals surface area contributed by atoms with Gasteiger partial charge in [0.2, 0.25) is 0 Å². The number of nitrogens with zero attached hydrogens (tertiary/aromatic N) is 2. The molecule has 0 saturated carbocycles. The van der Waals surface area contributed by atoms with Gasteiger partial charge in [0.1, 0.15) is 0 Å². The number of anilines is 2. The van der Waals surface area contributed by atoms with E-state index in [2.05, 4.69) is 23.3 Å². The van der Waals surface area contributed by atoms with Crippen LogP contribution in [0, 0.1) is 17.2 Å². The number of piperidine rings is 1. The Kier molecular flexibility index (Phi) is 4.64. The third kappa shape index (κ3) is 3.87. The molecule has 0 aromatic heterocycles. The molecule has 4 nitrogen and oxygen atoms in total. The highest BCUT2D eigenvalue weighted by molar-refractivity contribution is 5.58. The molecule has 1 aromatic rings. The Morgan fingerprint density at radius 1 is 1.42 bits per heavy atom. The number of hydrogen-bond donors (Lipinski definition) is 2. The number of nitrogens with one attached hydrogen (secondary N) is 1. The lowest BCUT2D eigenvalue weighted by Gasteiger charge is -2.29. The van der Waals surface area contributed by atoms with E-state index in [-0.39, 0.29) is 0 Å². The molecule has 0 spiro atoms. The normalized spacial score (nSPS) is 17.1. The van der Waals surface area contributed by atoms with Gasteiger partial charge in [0.05, 0.1) is 12.5 Å². The predicted molar refractivity (Wildman–Crippen MR) is 78.9 cm³/mol. The van der Waals surface area contributed by atoms with Gasteiger partial charge >= 0.3 is 0 Å². The first-order chi connectivity index (χ1) is 9.19. The molecule has 1 aromatic carbocycles. The summed E-state index contributed by atoms with van der Waals surface area (Å²) in [5.41, 5.74) is 8.53. The molecule has 1 saturated heterocycles. The van der Waals surface area contributed by atoms with Gasteiger partial charge in [-0.3, -0.25) is 0 Å². The lowest BCUT2D eigenvalue weighted by Crippen LogP contribution is -2.32. The van der Waals surface area contributed by atoms with E-state index in [1.165, 1.54) is 25.9 Å². The van der Waals surface area contributed by atoms with Crippen LogP contribution >= 0.6 is 0 Å². The van der Waals surface area contributed by atoms with Crippen LogP contribution in [0.25, 0.3) is 0 Å². The highest BCUT2D eigenvalue weighted by atomic mass is 15.1. The summed E-state index contributed by atoms with van der Waals surface area (Å²) in [4.78, 5) is 2.38. The second-order valence-electron chi connectivity index (χ2n) is 5.38. The molecule has 0 amide bonds. The maximum atomic E-state index is 8.76. The minimum atomic E-state index is 0.371. The van der Waals surface area contributed by atoms with Gasteiger partial charge in [-0.05, 0) is 62.7 Å². The zero-order valence-corrected chi connectivity index (χ0v) is 11.5. The average molecular weight is 258 g/mol. The summed E-state index contributed by atoms with van der Waals surface area (Å²) in [7, 11) is 2.18. The molecule has 0 radical (unpaired) electrons. The summed E-state index contributed by atoms with van der Waals surface area (Å²) in [6, 6.07) is 8.01. The van der Waals surface area contributed by atoms with Crippen LogP contribution in [0.4, 0.5) is 11.4 Å². The number of likely N-dealkylation sites (tertiary alicyclic amines) is 1. The summed E-state index contributed by atoms with van der Waals surface area (Å²) < 4.78 is 0. The Balaban J connectivity index is 1.89. The lowest BCUT2D eigenvalue weighted by atomic mass is 9.97. The molecular weight excluding hydrogens is 236 g/mol. The van der Waals surface area contributed by atoms with Gasteiger partial charge in [-0.2, -0.15) is 5.26 Å². The van der Waals surface area contributed by atoms with E-state index in [4.69, 9.17) is 11.0 Å². The van der Waals surface area contributed by atoms with Crippen molar-refractivity contribution >= 4 is 11.4 Å². The van der Waals surface area contributed by atoms with Gasteiger partial charge in [0, 0.05) is 17.9 Å². The fourth-order valence-corrected chi connectivity index (χ4v) is 2.48. The van der Waals surface area contributed by atoms with E-state index in [1.807, 2.05) is 18.2 Å². The van der Waals surface area contributed by atoms with Crippen LogP contribution in [0.2, 0.25) is 0 Å². The molecule has 19 heavy (non-hydrogen) atoms. The minimum absolute atomic E-state index is 0.371. The molecule has 0 unspecified atom stereocenters. The van der Waals surface area contributed by atoms with Crippen molar-refractivity contribution in [3.63, 3.8) is 0 Å². The zero-order valence-electron chi connectivity index (χ0n) is 11.5. The fraction of sp³-hybridized carbons (Fsp3) is 0.533. The van der Waals surface area contributed by atoms with Crippen molar-refractivity contribution in [2.24, 2.45) is 5.92 Å². The Morgan fingerprint density at radius 3 is 2.84 bits per heavy atom. The molecular formula is C15H22N4. The van der Waals surface area contributed by atoms with Crippen LogP contribution < -0.4 is 11.1 Å². The molecule has 4 heteroatoms. The summed E-state index contributed by atoms with van der Waals surface area (Å²) in [5, 5.41) is 12.2. The molecule has 0 bridgehead atoms. The SMILES string of the molecule is CN1CCC(CNc2ccc(N)c(CC#N)c2)CC1. The summed E-state index contributed by atoms with van der Waals surface area (Å²) in [6.45, 7) is 3.38. The van der Waals surface area contributed by atoms with Crippen molar-refractivity contribution < 1.29 is 0 Å². The zero-order chi connectivity index (χ0) is 13.7. The number of nitrogens with two attached hydrogens (primary N) is 1. The summed E-state index contributed by atoms with van der Waals surface area (Å²) >= 11 is 0. The van der Waals surface area contributed by atoms with E-state index in [0.717, 1.165) is 23.7 Å². The smallest absolute Gasteiger partial charge is 0.0670 e. The standard InChI is InChI=1S/C15H22N4/c1-19-8-5-12(6-9-19)11-18-14-2-3-15(17)13(10-14)4-7-16/h2-3,10,12,18H,4-6,8-9,11,17H2,1H3. The van der Waals surface area contributed by atoms with E-state index in [9.17, 15) is 0 Å².